The second-order valence-electron chi connectivity index (χ2n) is 10.0. The molecule has 1 aliphatic heterocycles. The Labute approximate surface area is 223 Å². The van der Waals surface area contributed by atoms with E-state index in [-0.39, 0.29) is 11.9 Å². The van der Waals surface area contributed by atoms with Crippen LogP contribution < -0.4 is 15.8 Å². The van der Waals surface area contributed by atoms with Crippen LogP contribution in [0.1, 0.15) is 40.2 Å². The summed E-state index contributed by atoms with van der Waals surface area (Å²) in [4.78, 5) is 24.5. The number of likely N-dealkylation sites (tertiary alicyclic amines) is 1. The summed E-state index contributed by atoms with van der Waals surface area (Å²) < 4.78 is 7.25. The van der Waals surface area contributed by atoms with Crippen LogP contribution in [0.2, 0.25) is 0 Å². The van der Waals surface area contributed by atoms with Gasteiger partial charge >= 0.3 is 0 Å². The third-order valence-corrected chi connectivity index (χ3v) is 6.93. The zero-order valence-electron chi connectivity index (χ0n) is 22.1. The molecule has 0 bridgehead atoms. The van der Waals surface area contributed by atoms with Crippen LogP contribution in [0.3, 0.4) is 0 Å². The van der Waals surface area contributed by atoms with Gasteiger partial charge in [0.15, 0.2) is 0 Å². The van der Waals surface area contributed by atoms with E-state index in [1.165, 1.54) is 0 Å². The molecular weight excluding hydrogens is 476 g/mol. The monoisotopic (exact) mass is 510 g/mol. The molecule has 0 radical (unpaired) electrons. The smallest absolute Gasteiger partial charge is 0.274 e. The Bertz CT molecular complexity index is 1430. The molecule has 8 heteroatoms. The van der Waals surface area contributed by atoms with Gasteiger partial charge in [0.2, 0.25) is 0 Å². The summed E-state index contributed by atoms with van der Waals surface area (Å²) in [6, 6.07) is 16.0. The molecule has 2 aromatic carbocycles. The summed E-state index contributed by atoms with van der Waals surface area (Å²) in [5, 5.41) is 3.08. The fourth-order valence-electron chi connectivity index (χ4n) is 4.97. The number of benzene rings is 2. The number of pyridine rings is 1. The van der Waals surface area contributed by atoms with Crippen LogP contribution in [0.15, 0.2) is 67.3 Å². The van der Waals surface area contributed by atoms with Crippen molar-refractivity contribution in [1.82, 2.24) is 19.4 Å². The van der Waals surface area contributed by atoms with E-state index in [2.05, 4.69) is 26.3 Å². The summed E-state index contributed by atoms with van der Waals surface area (Å²) >= 11 is 0. The lowest BCUT2D eigenvalue weighted by Crippen LogP contribution is -2.42. The summed E-state index contributed by atoms with van der Waals surface area (Å²) in [7, 11) is 1.64. The second kappa shape index (κ2) is 11.2. The van der Waals surface area contributed by atoms with Crippen molar-refractivity contribution in [2.45, 2.75) is 39.3 Å². The molecule has 196 valence electrons. The van der Waals surface area contributed by atoms with Gasteiger partial charge in [-0.3, -0.25) is 14.7 Å². The summed E-state index contributed by atoms with van der Waals surface area (Å²) in [6.45, 7) is 6.61. The predicted molar refractivity (Wildman–Crippen MR) is 150 cm³/mol. The number of piperidine rings is 1. The van der Waals surface area contributed by atoms with Crippen LogP contribution in [0.5, 0.6) is 5.75 Å². The maximum absolute atomic E-state index is 13.4. The normalized spacial score (nSPS) is 15.8. The first-order valence-corrected chi connectivity index (χ1v) is 12.9. The lowest BCUT2D eigenvalue weighted by Gasteiger charge is -2.30. The number of nitrogens with one attached hydrogen (secondary N) is 1. The number of rotatable bonds is 7. The number of hydrogen-bond acceptors (Lipinski definition) is 6. The maximum Gasteiger partial charge on any atom is 0.274 e. The molecule has 1 aliphatic rings. The number of carbonyl (C=O) groups is 1. The molecule has 38 heavy (non-hydrogen) atoms. The Hall–Kier alpha value is -4.01. The number of aryl methyl sites for hydroxylation is 2. The summed E-state index contributed by atoms with van der Waals surface area (Å²) in [6.07, 6.45) is 7.67. The van der Waals surface area contributed by atoms with E-state index in [1.807, 2.05) is 67.1 Å². The second-order valence-corrected chi connectivity index (χ2v) is 10.0. The number of imidazole rings is 1. The van der Waals surface area contributed by atoms with Crippen LogP contribution in [0.4, 0.5) is 5.69 Å². The quantitative estimate of drug-likeness (QED) is 0.373. The van der Waals surface area contributed by atoms with E-state index < -0.39 is 0 Å². The average Bonchev–Trinajstić information content (AvgIpc) is 3.35. The molecule has 2 aromatic heterocycles. The zero-order valence-corrected chi connectivity index (χ0v) is 22.1. The molecular formula is C30H34N6O2. The number of hydrogen-bond donors (Lipinski definition) is 2. The van der Waals surface area contributed by atoms with Crippen molar-refractivity contribution in [3.8, 4) is 22.6 Å². The summed E-state index contributed by atoms with van der Waals surface area (Å²) in [5.74, 6) is 0.526. The van der Waals surface area contributed by atoms with E-state index in [0.717, 1.165) is 71.9 Å². The van der Waals surface area contributed by atoms with E-state index in [0.29, 0.717) is 11.4 Å². The van der Waals surface area contributed by atoms with Gasteiger partial charge in [-0.25, -0.2) is 4.98 Å². The van der Waals surface area contributed by atoms with Crippen molar-refractivity contribution in [2.75, 3.05) is 25.5 Å². The van der Waals surface area contributed by atoms with Gasteiger partial charge in [0.05, 0.1) is 19.1 Å². The van der Waals surface area contributed by atoms with Crippen LogP contribution in [-0.4, -0.2) is 51.6 Å². The van der Waals surface area contributed by atoms with Crippen LogP contribution in [-0.2, 0) is 6.54 Å². The van der Waals surface area contributed by atoms with E-state index >= 15 is 0 Å². The Morgan fingerprint density at radius 3 is 2.66 bits per heavy atom. The lowest BCUT2D eigenvalue weighted by atomic mass is 10.0. The Morgan fingerprint density at radius 2 is 1.95 bits per heavy atom. The molecule has 1 saturated heterocycles. The van der Waals surface area contributed by atoms with Crippen molar-refractivity contribution in [1.29, 1.82) is 0 Å². The van der Waals surface area contributed by atoms with Gasteiger partial charge in [-0.1, -0.05) is 12.1 Å². The molecule has 1 atom stereocenters. The molecule has 0 spiro atoms. The topological polar surface area (TPSA) is 98.3 Å². The third kappa shape index (κ3) is 5.93. The molecule has 5 rings (SSSR count). The van der Waals surface area contributed by atoms with E-state index in [1.54, 1.807) is 19.6 Å². The third-order valence-electron chi connectivity index (χ3n) is 6.93. The van der Waals surface area contributed by atoms with Gasteiger partial charge in [0.1, 0.15) is 11.4 Å². The molecule has 0 unspecified atom stereocenters. The Morgan fingerprint density at radius 1 is 1.13 bits per heavy atom. The minimum Gasteiger partial charge on any atom is -0.497 e. The zero-order chi connectivity index (χ0) is 26.6. The number of anilines is 1. The number of carbonyl (C=O) groups excluding carboxylic acids is 1. The number of aromatic nitrogens is 3. The van der Waals surface area contributed by atoms with Crippen molar-refractivity contribution < 1.29 is 9.53 Å². The average molecular weight is 511 g/mol. The highest BCUT2D eigenvalue weighted by molar-refractivity contribution is 6.03. The van der Waals surface area contributed by atoms with Crippen LogP contribution in [0, 0.1) is 13.8 Å². The predicted octanol–water partition coefficient (Wildman–Crippen LogP) is 4.74. The first-order valence-electron chi connectivity index (χ1n) is 12.9. The Kier molecular flexibility index (Phi) is 7.53. The first kappa shape index (κ1) is 25.6. The summed E-state index contributed by atoms with van der Waals surface area (Å²) in [5.41, 5.74) is 13.2. The van der Waals surface area contributed by atoms with Crippen LogP contribution in [0.25, 0.3) is 16.8 Å². The highest BCUT2D eigenvalue weighted by Crippen LogP contribution is 2.27. The van der Waals surface area contributed by atoms with Gasteiger partial charge < -0.3 is 20.4 Å². The molecule has 1 amide bonds. The molecule has 4 aromatic rings. The minimum atomic E-state index is -0.260. The molecule has 3 N–H and O–H groups in total. The molecule has 0 saturated carbocycles. The fourth-order valence-corrected chi connectivity index (χ4v) is 4.97. The minimum absolute atomic E-state index is 0.204. The van der Waals surface area contributed by atoms with Crippen molar-refractivity contribution in [3.05, 3.63) is 89.8 Å². The van der Waals surface area contributed by atoms with Crippen molar-refractivity contribution in [3.63, 3.8) is 0 Å². The van der Waals surface area contributed by atoms with Crippen molar-refractivity contribution >= 4 is 11.6 Å². The molecule has 1 fully saturated rings. The lowest BCUT2D eigenvalue weighted by molar-refractivity contribution is 0.102. The molecule has 8 nitrogen and oxygen atoms in total. The number of ether oxygens (including phenoxy) is 1. The largest absolute Gasteiger partial charge is 0.497 e. The molecule has 0 aliphatic carbocycles. The highest BCUT2D eigenvalue weighted by atomic mass is 16.5. The number of nitrogens with zero attached hydrogens (tertiary/aromatic N) is 4. The number of amides is 1. The SMILES string of the molecule is COc1ccc(-c2cc(C(=O)Nc3cc(CN4CCC[C@H](N)C4)cc(-n4cnc(C)c4)c3)ncc2C)cc1. The van der Waals surface area contributed by atoms with Gasteiger partial charge in [0.25, 0.3) is 5.91 Å². The van der Waals surface area contributed by atoms with Crippen molar-refractivity contribution in [2.24, 2.45) is 5.73 Å². The number of nitrogens with two attached hydrogens (primary N) is 1. The van der Waals surface area contributed by atoms with Gasteiger partial charge in [-0.05, 0) is 91.9 Å². The number of methoxy groups -OCH3 is 1. The molecule has 3 heterocycles. The first-order chi connectivity index (χ1) is 18.4. The van der Waals surface area contributed by atoms with E-state index in [4.69, 9.17) is 10.5 Å². The van der Waals surface area contributed by atoms with E-state index in [9.17, 15) is 4.79 Å². The standard InChI is InChI=1S/C30H34N6O2/c1-20-15-32-29(14-28(20)23-6-8-27(38-3)9-7-23)30(37)34-25-11-22(17-35-10-4-5-24(31)18-35)12-26(13-25)36-16-21(2)33-19-36/h6-9,11-16,19,24H,4-5,10,17-18,31H2,1-3H3,(H,34,37)/t24-/m0/s1. The fraction of sp³-hybridized carbons (Fsp3) is 0.300. The van der Waals surface area contributed by atoms with Gasteiger partial charge in [-0.2, -0.15) is 0 Å². The van der Waals surface area contributed by atoms with Gasteiger partial charge in [-0.15, -0.1) is 0 Å². The van der Waals surface area contributed by atoms with Crippen LogP contribution >= 0.6 is 0 Å². The Balaban J connectivity index is 1.42. The van der Waals surface area contributed by atoms with Gasteiger partial charge in [0, 0.05) is 42.9 Å². The maximum atomic E-state index is 13.4. The highest BCUT2D eigenvalue weighted by Gasteiger charge is 2.18.